The lowest BCUT2D eigenvalue weighted by molar-refractivity contribution is -0.362. The van der Waals surface area contributed by atoms with Crippen LogP contribution < -0.4 is 45.6 Å². The molecule has 0 fully saturated rings. The molecule has 0 saturated heterocycles. The molecule has 0 aliphatic carbocycles. The van der Waals surface area contributed by atoms with Gasteiger partial charge in [0.15, 0.2) is 0 Å². The highest BCUT2D eigenvalue weighted by atomic mass is 79.9. The van der Waals surface area contributed by atoms with E-state index in [2.05, 4.69) is 0 Å². The minimum atomic E-state index is 0. The molecule has 0 aromatic rings. The zero-order valence-electron chi connectivity index (χ0n) is 7.61. The Morgan fingerprint density at radius 1 is 0.800 bits per heavy atom. The van der Waals surface area contributed by atoms with E-state index in [1.54, 1.807) is 13.8 Å². The molecule has 0 aliphatic heterocycles. The lowest BCUT2D eigenvalue weighted by atomic mass is 10.9. The fourth-order valence-electron chi connectivity index (χ4n) is 0. The first kappa shape index (κ1) is 48.3. The van der Waals surface area contributed by atoms with E-state index in [-0.39, 0.29) is 48.6 Å². The highest BCUT2D eigenvalue weighted by molar-refractivity contribution is 3.80. The van der Waals surface area contributed by atoms with Crippen molar-refractivity contribution in [3.8, 4) is 0 Å². The second kappa shape index (κ2) is 122. The normalized spacial score (nSPS) is 3.60. The third-order valence-electron chi connectivity index (χ3n) is 0. The number of hydrogen-bond donors (Lipinski definition) is 3. The molecule has 0 unspecified atom stereocenters. The first-order valence-corrected chi connectivity index (χ1v) is 1.99. The van der Waals surface area contributed by atoms with E-state index in [1.807, 2.05) is 0 Å². The van der Waals surface area contributed by atoms with E-state index in [0.717, 1.165) is 0 Å². The van der Waals surface area contributed by atoms with E-state index in [4.69, 9.17) is 10.2 Å². The number of rotatable bonds is 0. The first-order valence-electron chi connectivity index (χ1n) is 1.99. The molecule has 0 spiro atoms. The summed E-state index contributed by atoms with van der Waals surface area (Å²) < 4.78 is 0. The van der Waals surface area contributed by atoms with Crippen LogP contribution in [0.1, 0.15) is 13.8 Å². The van der Waals surface area contributed by atoms with Crippen molar-refractivity contribution in [3.05, 3.63) is 0 Å². The Kier molecular flexibility index (Phi) is 591. The second-order valence-electron chi connectivity index (χ2n) is 0.577. The van der Waals surface area contributed by atoms with Crippen LogP contribution in [0.25, 0.3) is 0 Å². The molecule has 0 aromatic carbocycles. The average Bonchev–Trinajstić information content (AvgIpc) is 1.39. The quantitative estimate of drug-likeness (QED) is 0.397. The Balaban J connectivity index is -0.00000000571. The van der Waals surface area contributed by atoms with E-state index in [0.29, 0.717) is 0 Å². The maximum absolute atomic E-state index is 8.93. The highest BCUT2D eigenvalue weighted by Gasteiger charge is 1.16. The van der Waals surface area contributed by atoms with Crippen molar-refractivity contribution in [2.24, 2.45) is 0 Å². The summed E-state index contributed by atoms with van der Waals surface area (Å²) in [6, 6.07) is 0. The SMILES string of the molecule is CC[O-].CC[O-].[Br-].[NH4+].[NH4+].[NH4+]. The van der Waals surface area contributed by atoms with Crippen molar-refractivity contribution in [1.82, 2.24) is 18.5 Å². The van der Waals surface area contributed by atoms with Gasteiger partial charge in [-0.05, 0) is 0 Å². The maximum atomic E-state index is 8.93. The number of hydrogen-bond acceptors (Lipinski definition) is 2. The molecular formula is C4H22BrN3O2. The Morgan fingerprint density at radius 2 is 0.800 bits per heavy atom. The molecule has 0 amide bonds. The minimum absolute atomic E-state index is 0. The molecule has 6 heteroatoms. The van der Waals surface area contributed by atoms with Crippen molar-refractivity contribution in [3.63, 3.8) is 0 Å². The summed E-state index contributed by atoms with van der Waals surface area (Å²) in [6.45, 7) is 3.14. The van der Waals surface area contributed by atoms with Gasteiger partial charge in [-0.3, -0.25) is 0 Å². The van der Waals surface area contributed by atoms with Crippen LogP contribution in [-0.4, -0.2) is 13.2 Å². The molecule has 10 heavy (non-hydrogen) atoms. The molecule has 72 valence electrons. The van der Waals surface area contributed by atoms with Gasteiger partial charge in [0, 0.05) is 0 Å². The number of quaternary nitrogens is 3. The zero-order chi connectivity index (χ0) is 5.41. The summed E-state index contributed by atoms with van der Waals surface area (Å²) in [4.78, 5) is 0. The highest BCUT2D eigenvalue weighted by Crippen LogP contribution is 1.18. The third-order valence-corrected chi connectivity index (χ3v) is 0. The van der Waals surface area contributed by atoms with Crippen molar-refractivity contribution >= 4 is 0 Å². The van der Waals surface area contributed by atoms with E-state index >= 15 is 0 Å². The van der Waals surface area contributed by atoms with Gasteiger partial charge in [-0.2, -0.15) is 0 Å². The topological polar surface area (TPSA) is 156 Å². The molecule has 0 bridgehead atoms. The van der Waals surface area contributed by atoms with Crippen molar-refractivity contribution < 1.29 is 27.2 Å². The summed E-state index contributed by atoms with van der Waals surface area (Å²) in [6.07, 6.45) is 0. The lowest BCUT2D eigenvalue weighted by Gasteiger charge is -1.79. The van der Waals surface area contributed by atoms with Crippen LogP contribution in [0.2, 0.25) is 0 Å². The summed E-state index contributed by atoms with van der Waals surface area (Å²) in [7, 11) is 0. The van der Waals surface area contributed by atoms with Crippen molar-refractivity contribution in [1.29, 1.82) is 0 Å². The van der Waals surface area contributed by atoms with Crippen LogP contribution >= 0.6 is 0 Å². The lowest BCUT2D eigenvalue weighted by Crippen LogP contribution is -3.00. The molecule has 0 heterocycles. The summed E-state index contributed by atoms with van der Waals surface area (Å²) in [5, 5.41) is 17.9. The van der Waals surface area contributed by atoms with Crippen molar-refractivity contribution in [2.45, 2.75) is 13.8 Å². The van der Waals surface area contributed by atoms with Gasteiger partial charge in [-0.25, -0.2) is 0 Å². The summed E-state index contributed by atoms with van der Waals surface area (Å²) in [5.74, 6) is 0. The van der Waals surface area contributed by atoms with Gasteiger partial charge in [0.1, 0.15) is 0 Å². The standard InChI is InChI=1S/2C2H5O.BrH.3H3N/c2*1-2-3;;;;/h2*2H2,1H3;1H;3*1H3/q2*-1;;;;/p+2. The molecule has 0 rings (SSSR count). The molecule has 0 atom stereocenters. The summed E-state index contributed by atoms with van der Waals surface area (Å²) >= 11 is 0. The van der Waals surface area contributed by atoms with Gasteiger partial charge in [0.25, 0.3) is 0 Å². The Labute approximate surface area is 73.3 Å². The van der Waals surface area contributed by atoms with Gasteiger partial charge in [-0.1, -0.05) is 13.8 Å². The fourth-order valence-corrected chi connectivity index (χ4v) is 0. The fraction of sp³-hybridized carbons (Fsp3) is 1.00. The average molecular weight is 224 g/mol. The van der Waals surface area contributed by atoms with Crippen LogP contribution in [0, 0.1) is 0 Å². The van der Waals surface area contributed by atoms with Crippen LogP contribution in [0.15, 0.2) is 0 Å². The van der Waals surface area contributed by atoms with E-state index in [9.17, 15) is 0 Å². The monoisotopic (exact) mass is 223 g/mol. The smallest absolute Gasteiger partial charge is 0.0809 e. The predicted octanol–water partition coefficient (Wildman–Crippen LogP) is -3.13. The molecule has 12 N–H and O–H groups in total. The van der Waals surface area contributed by atoms with Gasteiger partial charge in [-0.15, -0.1) is 13.2 Å². The molecule has 0 saturated carbocycles. The summed E-state index contributed by atoms with van der Waals surface area (Å²) in [5.41, 5.74) is 0. The van der Waals surface area contributed by atoms with Crippen LogP contribution in [-0.2, 0) is 0 Å². The molecule has 0 radical (unpaired) electrons. The van der Waals surface area contributed by atoms with Crippen molar-refractivity contribution in [2.75, 3.05) is 13.2 Å². The largest absolute Gasteiger partial charge is 1.00 e. The van der Waals surface area contributed by atoms with Gasteiger partial charge in [0.05, 0.1) is 0 Å². The number of halogens is 1. The van der Waals surface area contributed by atoms with E-state index < -0.39 is 0 Å². The molecular weight excluding hydrogens is 202 g/mol. The third kappa shape index (κ3) is 5600. The minimum Gasteiger partial charge on any atom is -1.00 e. The Bertz CT molecular complexity index is 20.5. The predicted molar refractivity (Wildman–Crippen MR) is 39.0 cm³/mol. The Hall–Kier alpha value is 0.280. The first-order chi connectivity index (χ1) is 2.83. The van der Waals surface area contributed by atoms with Gasteiger partial charge < -0.3 is 45.6 Å². The molecule has 5 nitrogen and oxygen atoms in total. The molecule has 0 aromatic heterocycles. The van der Waals surface area contributed by atoms with Crippen LogP contribution in [0.5, 0.6) is 0 Å². The van der Waals surface area contributed by atoms with Crippen LogP contribution in [0.4, 0.5) is 0 Å². The second-order valence-corrected chi connectivity index (χ2v) is 0.577. The van der Waals surface area contributed by atoms with Gasteiger partial charge >= 0.3 is 0 Å². The zero-order valence-corrected chi connectivity index (χ0v) is 9.19. The maximum Gasteiger partial charge on any atom is -0.0809 e. The molecule has 0 aliphatic rings. The Morgan fingerprint density at radius 3 is 0.800 bits per heavy atom. The van der Waals surface area contributed by atoms with Gasteiger partial charge in [0.2, 0.25) is 0 Å². The van der Waals surface area contributed by atoms with Crippen LogP contribution in [0.3, 0.4) is 0 Å². The van der Waals surface area contributed by atoms with E-state index in [1.165, 1.54) is 0 Å².